The van der Waals surface area contributed by atoms with E-state index in [0.717, 1.165) is 5.56 Å². The van der Waals surface area contributed by atoms with Crippen LogP contribution in [0.1, 0.15) is 21.6 Å². The maximum absolute atomic E-state index is 13.0. The Morgan fingerprint density at radius 3 is 2.72 bits per heavy atom. The Bertz CT molecular complexity index is 1200. The lowest BCUT2D eigenvalue weighted by molar-refractivity contribution is 0.102. The van der Waals surface area contributed by atoms with Gasteiger partial charge < -0.3 is 5.32 Å². The summed E-state index contributed by atoms with van der Waals surface area (Å²) in [6.07, 6.45) is 1.46. The van der Waals surface area contributed by atoms with Crippen LogP contribution < -0.4 is 5.32 Å². The number of hydrogen-bond acceptors (Lipinski definition) is 5. The first-order valence-electron chi connectivity index (χ1n) is 8.67. The third-order valence-electron chi connectivity index (χ3n) is 4.25. The zero-order valence-corrected chi connectivity index (χ0v) is 16.8. The smallest absolute Gasteiger partial charge is 0.259 e. The summed E-state index contributed by atoms with van der Waals surface area (Å²) < 4.78 is 14.6. The number of rotatable bonds is 5. The minimum atomic E-state index is -0.369. The first kappa shape index (κ1) is 19.4. The van der Waals surface area contributed by atoms with Crippen molar-refractivity contribution < 1.29 is 9.18 Å². The lowest BCUT2D eigenvalue weighted by atomic mass is 10.2. The van der Waals surface area contributed by atoms with Crippen molar-refractivity contribution in [2.75, 3.05) is 5.32 Å². The van der Waals surface area contributed by atoms with Crippen molar-refractivity contribution in [2.45, 2.75) is 17.8 Å². The van der Waals surface area contributed by atoms with Gasteiger partial charge in [0.15, 0.2) is 0 Å². The summed E-state index contributed by atoms with van der Waals surface area (Å²) in [6.45, 7) is 1.77. The molecule has 0 aliphatic heterocycles. The number of hydrogen-bond donors (Lipinski definition) is 1. The second kappa shape index (κ2) is 8.18. The molecule has 1 amide bonds. The van der Waals surface area contributed by atoms with E-state index in [-0.39, 0.29) is 11.7 Å². The molecule has 146 valence electrons. The topological polar surface area (TPSA) is 72.2 Å². The van der Waals surface area contributed by atoms with Crippen LogP contribution in [0.15, 0.2) is 59.9 Å². The maximum atomic E-state index is 13.0. The summed E-state index contributed by atoms with van der Waals surface area (Å²) in [7, 11) is 0. The standard InChI is InChI=1S/C20H15ClFN5OS/c1-12-16(18(28)24-15-8-6-14(22)7-9-15)10-23-19-25-20(26-27(12)19)29-11-13-4-2-3-5-17(13)21/h2-10H,11H2,1H3,(H,24,28). The predicted octanol–water partition coefficient (Wildman–Crippen LogP) is 4.77. The monoisotopic (exact) mass is 427 g/mol. The van der Waals surface area contributed by atoms with Gasteiger partial charge in [-0.1, -0.05) is 41.6 Å². The van der Waals surface area contributed by atoms with E-state index in [1.165, 1.54) is 46.7 Å². The van der Waals surface area contributed by atoms with Crippen LogP contribution in [-0.4, -0.2) is 25.5 Å². The molecule has 0 spiro atoms. The summed E-state index contributed by atoms with van der Waals surface area (Å²) >= 11 is 7.63. The molecule has 4 rings (SSSR count). The van der Waals surface area contributed by atoms with E-state index in [1.54, 1.807) is 6.92 Å². The van der Waals surface area contributed by atoms with E-state index >= 15 is 0 Å². The van der Waals surface area contributed by atoms with Gasteiger partial charge >= 0.3 is 0 Å². The number of carbonyl (C=O) groups is 1. The summed E-state index contributed by atoms with van der Waals surface area (Å²) in [5.41, 5.74) is 2.44. The number of aromatic nitrogens is 4. The lowest BCUT2D eigenvalue weighted by Crippen LogP contribution is -2.16. The minimum Gasteiger partial charge on any atom is -0.322 e. The van der Waals surface area contributed by atoms with Crippen molar-refractivity contribution in [3.8, 4) is 0 Å². The Labute approximate surface area is 175 Å². The molecule has 0 aliphatic carbocycles. The number of benzene rings is 2. The van der Waals surface area contributed by atoms with Crippen molar-refractivity contribution in [3.63, 3.8) is 0 Å². The number of thioether (sulfide) groups is 1. The number of fused-ring (bicyclic) bond motifs is 1. The molecular weight excluding hydrogens is 413 g/mol. The number of aryl methyl sites for hydroxylation is 1. The van der Waals surface area contributed by atoms with Gasteiger partial charge in [-0.3, -0.25) is 4.79 Å². The molecule has 29 heavy (non-hydrogen) atoms. The fraction of sp³-hybridized carbons (Fsp3) is 0.100. The number of carbonyl (C=O) groups excluding carboxylic acids is 1. The second-order valence-corrected chi connectivity index (χ2v) is 7.55. The van der Waals surface area contributed by atoms with E-state index in [0.29, 0.717) is 38.7 Å². The normalized spacial score (nSPS) is 11.0. The van der Waals surface area contributed by atoms with Crippen molar-refractivity contribution in [3.05, 3.63) is 82.4 Å². The average molecular weight is 428 g/mol. The Hall–Kier alpha value is -2.97. The molecule has 2 aromatic carbocycles. The molecule has 0 fully saturated rings. The highest BCUT2D eigenvalue weighted by molar-refractivity contribution is 7.98. The second-order valence-electron chi connectivity index (χ2n) is 6.20. The van der Waals surface area contributed by atoms with E-state index in [9.17, 15) is 9.18 Å². The molecule has 2 aromatic heterocycles. The average Bonchev–Trinajstić information content (AvgIpc) is 3.13. The van der Waals surface area contributed by atoms with Gasteiger partial charge in [0.2, 0.25) is 5.16 Å². The van der Waals surface area contributed by atoms with Crippen molar-refractivity contribution in [1.29, 1.82) is 0 Å². The Balaban J connectivity index is 1.54. The molecule has 1 N–H and O–H groups in total. The number of anilines is 1. The van der Waals surface area contributed by atoms with Crippen molar-refractivity contribution in [1.82, 2.24) is 19.6 Å². The van der Waals surface area contributed by atoms with Crippen LogP contribution in [-0.2, 0) is 5.75 Å². The van der Waals surface area contributed by atoms with Gasteiger partial charge in [-0.2, -0.15) is 9.50 Å². The fourth-order valence-electron chi connectivity index (χ4n) is 2.70. The largest absolute Gasteiger partial charge is 0.322 e. The highest BCUT2D eigenvalue weighted by Gasteiger charge is 2.16. The quantitative estimate of drug-likeness (QED) is 0.464. The van der Waals surface area contributed by atoms with Gasteiger partial charge in [-0.05, 0) is 42.8 Å². The maximum Gasteiger partial charge on any atom is 0.259 e. The third-order valence-corrected chi connectivity index (χ3v) is 5.50. The molecule has 0 bridgehead atoms. The van der Waals surface area contributed by atoms with Crippen LogP contribution in [0.4, 0.5) is 10.1 Å². The van der Waals surface area contributed by atoms with Gasteiger partial charge in [0, 0.05) is 22.7 Å². The zero-order chi connectivity index (χ0) is 20.4. The van der Waals surface area contributed by atoms with Gasteiger partial charge in [0.25, 0.3) is 11.7 Å². The van der Waals surface area contributed by atoms with Gasteiger partial charge in [-0.25, -0.2) is 9.37 Å². The predicted molar refractivity (Wildman–Crippen MR) is 111 cm³/mol. The molecular formula is C20H15ClFN5OS. The first-order chi connectivity index (χ1) is 14.0. The Morgan fingerprint density at radius 2 is 1.97 bits per heavy atom. The molecule has 0 radical (unpaired) electrons. The molecule has 0 saturated carbocycles. The van der Waals surface area contributed by atoms with Crippen molar-refractivity contribution >= 4 is 40.7 Å². The highest BCUT2D eigenvalue weighted by Crippen LogP contribution is 2.25. The van der Waals surface area contributed by atoms with Crippen LogP contribution in [0.3, 0.4) is 0 Å². The molecule has 0 aliphatic rings. The Kier molecular flexibility index (Phi) is 5.46. The van der Waals surface area contributed by atoms with Crippen LogP contribution in [0.2, 0.25) is 5.02 Å². The number of halogens is 2. The van der Waals surface area contributed by atoms with Gasteiger partial charge in [0.05, 0.1) is 11.3 Å². The molecule has 2 heterocycles. The van der Waals surface area contributed by atoms with E-state index in [2.05, 4.69) is 20.4 Å². The molecule has 0 saturated heterocycles. The van der Waals surface area contributed by atoms with E-state index in [1.807, 2.05) is 24.3 Å². The van der Waals surface area contributed by atoms with E-state index in [4.69, 9.17) is 11.6 Å². The van der Waals surface area contributed by atoms with Crippen LogP contribution in [0, 0.1) is 12.7 Å². The van der Waals surface area contributed by atoms with Gasteiger partial charge in [0.1, 0.15) is 5.82 Å². The third kappa shape index (κ3) is 4.23. The fourth-order valence-corrected chi connectivity index (χ4v) is 3.80. The first-order valence-corrected chi connectivity index (χ1v) is 10.0. The zero-order valence-electron chi connectivity index (χ0n) is 15.3. The Morgan fingerprint density at radius 1 is 1.21 bits per heavy atom. The molecule has 9 heteroatoms. The number of amides is 1. The lowest BCUT2D eigenvalue weighted by Gasteiger charge is -2.08. The molecule has 6 nitrogen and oxygen atoms in total. The molecule has 4 aromatic rings. The van der Waals surface area contributed by atoms with Crippen LogP contribution in [0.25, 0.3) is 5.78 Å². The van der Waals surface area contributed by atoms with Crippen molar-refractivity contribution in [2.24, 2.45) is 0 Å². The highest BCUT2D eigenvalue weighted by atomic mass is 35.5. The number of nitrogens with one attached hydrogen (secondary N) is 1. The minimum absolute atomic E-state index is 0.356. The molecule has 0 atom stereocenters. The summed E-state index contributed by atoms with van der Waals surface area (Å²) in [5.74, 6) is 0.298. The van der Waals surface area contributed by atoms with Crippen LogP contribution in [0.5, 0.6) is 0 Å². The van der Waals surface area contributed by atoms with Crippen LogP contribution >= 0.6 is 23.4 Å². The summed E-state index contributed by atoms with van der Waals surface area (Å²) in [4.78, 5) is 21.2. The SMILES string of the molecule is Cc1c(C(=O)Nc2ccc(F)cc2)cnc2nc(SCc3ccccc3Cl)nn12. The van der Waals surface area contributed by atoms with E-state index < -0.39 is 0 Å². The number of nitrogens with zero attached hydrogens (tertiary/aromatic N) is 4. The summed E-state index contributed by atoms with van der Waals surface area (Å²) in [5, 5.41) is 8.41. The van der Waals surface area contributed by atoms with Gasteiger partial charge in [-0.15, -0.1) is 5.10 Å². The molecule has 0 unspecified atom stereocenters. The summed E-state index contributed by atoms with van der Waals surface area (Å²) in [6, 6.07) is 13.1.